The van der Waals surface area contributed by atoms with Crippen molar-refractivity contribution in [3.05, 3.63) is 45.4 Å². The molecule has 3 aromatic rings. The van der Waals surface area contributed by atoms with E-state index in [0.717, 1.165) is 26.8 Å². The minimum Gasteiger partial charge on any atom is -0.398 e. The summed E-state index contributed by atoms with van der Waals surface area (Å²) in [5.74, 6) is 0. The fourth-order valence-electron chi connectivity index (χ4n) is 1.87. The van der Waals surface area contributed by atoms with Gasteiger partial charge in [0.25, 0.3) is 0 Å². The quantitative estimate of drug-likeness (QED) is 0.688. The Hall–Kier alpha value is -1.59. The average molecular weight is 338 g/mol. The van der Waals surface area contributed by atoms with Gasteiger partial charge in [-0.1, -0.05) is 17.7 Å². The minimum atomic E-state index is 0.647. The van der Waals surface area contributed by atoms with Crippen molar-refractivity contribution in [2.45, 2.75) is 6.92 Å². The van der Waals surface area contributed by atoms with Crippen molar-refractivity contribution in [2.75, 3.05) is 5.73 Å². The van der Waals surface area contributed by atoms with Gasteiger partial charge in [-0.2, -0.15) is 4.80 Å². The van der Waals surface area contributed by atoms with E-state index in [4.69, 9.17) is 17.3 Å². The second-order valence-electron chi connectivity index (χ2n) is 4.26. The van der Waals surface area contributed by atoms with Crippen molar-refractivity contribution in [3.63, 3.8) is 0 Å². The van der Waals surface area contributed by atoms with Crippen molar-refractivity contribution in [1.29, 1.82) is 0 Å². The maximum Gasteiger partial charge on any atom is 0.129 e. The molecular weight excluding hydrogens is 328 g/mol. The standard InChI is InChI=1S/C13H10BrClN4/c1-7-5-10-13(11(14)12(7)16)18-19(17-10)9-4-2-3-8(15)6-9/h2-6H,16H2,1H3. The minimum absolute atomic E-state index is 0.647. The molecular formula is C13H10BrClN4. The van der Waals surface area contributed by atoms with Crippen molar-refractivity contribution in [2.24, 2.45) is 0 Å². The van der Waals surface area contributed by atoms with Crippen LogP contribution in [0.3, 0.4) is 0 Å². The van der Waals surface area contributed by atoms with Gasteiger partial charge in [0.05, 0.1) is 15.8 Å². The molecule has 0 bridgehead atoms. The topological polar surface area (TPSA) is 56.7 Å². The third-order valence-electron chi connectivity index (χ3n) is 2.90. The molecule has 0 radical (unpaired) electrons. The molecule has 1 aromatic heterocycles. The molecule has 4 nitrogen and oxygen atoms in total. The first-order valence-corrected chi connectivity index (χ1v) is 6.81. The molecule has 0 unspecified atom stereocenters. The molecule has 0 saturated heterocycles. The van der Waals surface area contributed by atoms with Gasteiger partial charge in [-0.25, -0.2) is 0 Å². The van der Waals surface area contributed by atoms with Crippen LogP contribution in [0.4, 0.5) is 5.69 Å². The second-order valence-corrected chi connectivity index (χ2v) is 5.49. The van der Waals surface area contributed by atoms with Crippen LogP contribution < -0.4 is 5.73 Å². The Bertz CT molecular complexity index is 782. The molecule has 0 atom stereocenters. The normalized spacial score (nSPS) is 11.1. The predicted octanol–water partition coefficient (Wildman–Crippen LogP) is 3.73. The zero-order valence-corrected chi connectivity index (χ0v) is 12.4. The van der Waals surface area contributed by atoms with Crippen LogP contribution in [0.5, 0.6) is 0 Å². The fourth-order valence-corrected chi connectivity index (χ4v) is 2.65. The zero-order valence-electron chi connectivity index (χ0n) is 10.1. The first-order chi connectivity index (χ1) is 9.06. The van der Waals surface area contributed by atoms with E-state index >= 15 is 0 Å². The third kappa shape index (κ3) is 2.09. The second kappa shape index (κ2) is 4.51. The number of aryl methyl sites for hydroxylation is 1. The van der Waals surface area contributed by atoms with Gasteiger partial charge in [-0.15, -0.1) is 10.2 Å². The molecule has 0 fully saturated rings. The van der Waals surface area contributed by atoms with E-state index in [-0.39, 0.29) is 0 Å². The average Bonchev–Trinajstić information content (AvgIpc) is 2.80. The number of halogens is 2. The largest absolute Gasteiger partial charge is 0.398 e. The highest BCUT2D eigenvalue weighted by molar-refractivity contribution is 9.10. The van der Waals surface area contributed by atoms with E-state index < -0.39 is 0 Å². The monoisotopic (exact) mass is 336 g/mol. The van der Waals surface area contributed by atoms with E-state index in [0.29, 0.717) is 10.7 Å². The van der Waals surface area contributed by atoms with Gasteiger partial charge in [0.15, 0.2) is 0 Å². The summed E-state index contributed by atoms with van der Waals surface area (Å²) >= 11 is 9.44. The van der Waals surface area contributed by atoms with Crippen LogP contribution in [-0.4, -0.2) is 15.0 Å². The molecule has 1 heterocycles. The first-order valence-electron chi connectivity index (χ1n) is 5.64. The van der Waals surface area contributed by atoms with E-state index in [9.17, 15) is 0 Å². The highest BCUT2D eigenvalue weighted by Gasteiger charge is 2.12. The molecule has 19 heavy (non-hydrogen) atoms. The number of fused-ring (bicyclic) bond motifs is 1. The Morgan fingerprint density at radius 3 is 2.79 bits per heavy atom. The number of nitrogen functional groups attached to an aromatic ring is 1. The van der Waals surface area contributed by atoms with E-state index in [1.54, 1.807) is 4.80 Å². The van der Waals surface area contributed by atoms with Crippen LogP contribution >= 0.6 is 27.5 Å². The maximum atomic E-state index is 5.98. The molecule has 0 aliphatic carbocycles. The van der Waals surface area contributed by atoms with E-state index in [2.05, 4.69) is 26.1 Å². The number of nitrogens with two attached hydrogens (primary N) is 1. The van der Waals surface area contributed by atoms with Gasteiger partial charge in [0, 0.05) is 5.02 Å². The van der Waals surface area contributed by atoms with Crippen LogP contribution in [-0.2, 0) is 0 Å². The molecule has 0 spiro atoms. The summed E-state index contributed by atoms with van der Waals surface area (Å²) in [4.78, 5) is 1.56. The SMILES string of the molecule is Cc1cc2nn(-c3cccc(Cl)c3)nc2c(Br)c1N. The molecule has 0 saturated carbocycles. The van der Waals surface area contributed by atoms with Gasteiger partial charge < -0.3 is 5.73 Å². The molecule has 6 heteroatoms. The summed E-state index contributed by atoms with van der Waals surface area (Å²) in [5.41, 5.74) is 9.97. The molecule has 0 amide bonds. The Balaban J connectivity index is 2.25. The summed E-state index contributed by atoms with van der Waals surface area (Å²) in [7, 11) is 0. The number of aromatic nitrogens is 3. The Kier molecular flexibility index (Phi) is 2.95. The number of rotatable bonds is 1. The van der Waals surface area contributed by atoms with Crippen molar-refractivity contribution < 1.29 is 0 Å². The summed E-state index contributed by atoms with van der Waals surface area (Å²) in [6.45, 7) is 1.94. The van der Waals surface area contributed by atoms with Gasteiger partial charge in [0.2, 0.25) is 0 Å². The lowest BCUT2D eigenvalue weighted by Gasteiger charge is -2.01. The number of anilines is 1. The van der Waals surface area contributed by atoms with Gasteiger partial charge in [-0.05, 0) is 52.7 Å². The smallest absolute Gasteiger partial charge is 0.129 e. The fraction of sp³-hybridized carbons (Fsp3) is 0.0769. The number of benzene rings is 2. The summed E-state index contributed by atoms with van der Waals surface area (Å²) in [6, 6.07) is 9.30. The molecule has 96 valence electrons. The lowest BCUT2D eigenvalue weighted by Crippen LogP contribution is -1.97. The van der Waals surface area contributed by atoms with Crippen LogP contribution in [0.2, 0.25) is 5.02 Å². The van der Waals surface area contributed by atoms with Crippen LogP contribution in [0.15, 0.2) is 34.8 Å². The predicted molar refractivity (Wildman–Crippen MR) is 80.7 cm³/mol. The van der Waals surface area contributed by atoms with Gasteiger partial charge >= 0.3 is 0 Å². The van der Waals surface area contributed by atoms with Crippen LogP contribution in [0, 0.1) is 6.92 Å². The number of hydrogen-bond donors (Lipinski definition) is 1. The number of hydrogen-bond acceptors (Lipinski definition) is 3. The lowest BCUT2D eigenvalue weighted by molar-refractivity contribution is 0.765. The highest BCUT2D eigenvalue weighted by atomic mass is 79.9. The van der Waals surface area contributed by atoms with E-state index in [1.165, 1.54) is 0 Å². The lowest BCUT2D eigenvalue weighted by atomic mass is 10.2. The molecule has 2 aromatic carbocycles. The Morgan fingerprint density at radius 1 is 1.26 bits per heavy atom. The van der Waals surface area contributed by atoms with Crippen molar-refractivity contribution >= 4 is 44.3 Å². The zero-order chi connectivity index (χ0) is 13.6. The molecule has 2 N–H and O–H groups in total. The third-order valence-corrected chi connectivity index (χ3v) is 3.94. The molecule has 0 aliphatic rings. The molecule has 0 aliphatic heterocycles. The summed E-state index contributed by atoms with van der Waals surface area (Å²) in [5, 5.41) is 9.54. The van der Waals surface area contributed by atoms with Crippen molar-refractivity contribution in [3.8, 4) is 5.69 Å². The van der Waals surface area contributed by atoms with Gasteiger partial charge in [-0.3, -0.25) is 0 Å². The Labute approximate surface area is 123 Å². The summed E-state index contributed by atoms with van der Waals surface area (Å²) in [6.07, 6.45) is 0. The summed E-state index contributed by atoms with van der Waals surface area (Å²) < 4.78 is 0.774. The number of nitrogens with zero attached hydrogens (tertiary/aromatic N) is 3. The Morgan fingerprint density at radius 2 is 2.05 bits per heavy atom. The van der Waals surface area contributed by atoms with Crippen LogP contribution in [0.1, 0.15) is 5.56 Å². The highest BCUT2D eigenvalue weighted by Crippen LogP contribution is 2.30. The van der Waals surface area contributed by atoms with Crippen LogP contribution in [0.25, 0.3) is 16.7 Å². The first kappa shape index (κ1) is 12.4. The van der Waals surface area contributed by atoms with Gasteiger partial charge in [0.1, 0.15) is 11.0 Å². The maximum absolute atomic E-state index is 5.98. The van der Waals surface area contributed by atoms with Crippen molar-refractivity contribution in [1.82, 2.24) is 15.0 Å². The molecule has 3 rings (SSSR count). The van der Waals surface area contributed by atoms with E-state index in [1.807, 2.05) is 37.3 Å².